The van der Waals surface area contributed by atoms with Gasteiger partial charge in [-0.3, -0.25) is 18.7 Å². The van der Waals surface area contributed by atoms with E-state index in [0.717, 1.165) is 15.5 Å². The van der Waals surface area contributed by atoms with E-state index in [0.29, 0.717) is 16.5 Å². The molecule has 9 nitrogen and oxygen atoms in total. The Morgan fingerprint density at radius 1 is 1.23 bits per heavy atom. The van der Waals surface area contributed by atoms with E-state index in [1.807, 2.05) is 18.2 Å². The van der Waals surface area contributed by atoms with E-state index in [4.69, 9.17) is 16.3 Å². The van der Waals surface area contributed by atoms with Crippen molar-refractivity contribution in [3.8, 4) is 0 Å². The molecule has 0 aliphatic rings. The minimum atomic E-state index is -1.11. The number of fused-ring (bicyclic) bond motifs is 2. The first kappa shape index (κ1) is 20.9. The van der Waals surface area contributed by atoms with Gasteiger partial charge in [-0.25, -0.2) is 9.78 Å². The molecular weight excluding hydrogens is 422 g/mol. The number of benzene rings is 1. The summed E-state index contributed by atoms with van der Waals surface area (Å²) in [7, 11) is 4.49. The summed E-state index contributed by atoms with van der Waals surface area (Å²) >= 11 is 6.24. The van der Waals surface area contributed by atoms with E-state index in [2.05, 4.69) is 9.97 Å². The van der Waals surface area contributed by atoms with Gasteiger partial charge in [0.15, 0.2) is 11.2 Å². The van der Waals surface area contributed by atoms with Crippen molar-refractivity contribution in [3.63, 3.8) is 0 Å². The molecular formula is C21H22ClN5O4. The van der Waals surface area contributed by atoms with Gasteiger partial charge < -0.3 is 14.3 Å². The van der Waals surface area contributed by atoms with Crippen LogP contribution >= 0.6 is 11.6 Å². The highest BCUT2D eigenvalue weighted by Crippen LogP contribution is 2.26. The minimum absolute atomic E-state index is 0.0351. The summed E-state index contributed by atoms with van der Waals surface area (Å²) in [6.07, 6.45) is 0. The molecule has 0 aliphatic carbocycles. The molecule has 3 heterocycles. The lowest BCUT2D eigenvalue weighted by Gasteiger charge is -2.20. The topological polar surface area (TPSA) is 104 Å². The Balaban J connectivity index is 1.92. The number of imidazole rings is 1. The fraction of sp³-hybridized carbons (Fsp3) is 0.333. The zero-order valence-corrected chi connectivity index (χ0v) is 18.6. The number of methoxy groups -OCH3 is 1. The molecule has 3 aromatic heterocycles. The van der Waals surface area contributed by atoms with Gasteiger partial charge in [-0.05, 0) is 32.0 Å². The number of aromatic nitrogens is 5. The molecule has 0 unspecified atom stereocenters. The Morgan fingerprint density at radius 3 is 2.58 bits per heavy atom. The van der Waals surface area contributed by atoms with Crippen LogP contribution in [0.25, 0.3) is 22.1 Å². The first-order chi connectivity index (χ1) is 14.6. The molecule has 0 radical (unpaired) electrons. The number of carbonyl (C=O) groups is 1. The first-order valence-corrected chi connectivity index (χ1v) is 9.97. The van der Waals surface area contributed by atoms with Gasteiger partial charge >= 0.3 is 11.7 Å². The molecule has 0 spiro atoms. The molecule has 0 saturated heterocycles. The highest BCUT2D eigenvalue weighted by Gasteiger charge is 2.37. The quantitative estimate of drug-likeness (QED) is 0.486. The van der Waals surface area contributed by atoms with E-state index in [1.165, 1.54) is 11.7 Å². The summed E-state index contributed by atoms with van der Waals surface area (Å²) in [6, 6.07) is 7.29. The van der Waals surface area contributed by atoms with Gasteiger partial charge in [0, 0.05) is 35.7 Å². The molecule has 0 aliphatic heterocycles. The van der Waals surface area contributed by atoms with Crippen molar-refractivity contribution >= 4 is 39.6 Å². The smallest absolute Gasteiger partial charge is 0.332 e. The number of halogens is 1. The zero-order valence-electron chi connectivity index (χ0n) is 17.8. The normalized spacial score (nSPS) is 12.1. The van der Waals surface area contributed by atoms with Crippen LogP contribution < -0.4 is 11.2 Å². The van der Waals surface area contributed by atoms with Crippen LogP contribution in [0.2, 0.25) is 5.02 Å². The molecule has 162 valence electrons. The first-order valence-electron chi connectivity index (χ1n) is 9.59. The Kier molecular flexibility index (Phi) is 4.81. The monoisotopic (exact) mass is 443 g/mol. The second-order valence-electron chi connectivity index (χ2n) is 8.01. The summed E-state index contributed by atoms with van der Waals surface area (Å²) < 4.78 is 8.88. The number of ether oxygens (including phenoxy) is 1. The third-order valence-corrected chi connectivity index (χ3v) is 5.94. The van der Waals surface area contributed by atoms with E-state index in [9.17, 15) is 14.4 Å². The molecule has 0 bridgehead atoms. The SMILES string of the molecule is COC(=O)C(C)(C)c1nc2c(c(=O)n(Cc3cc4c(Cl)cccc4[nH]3)c(=O)n2C)n1C. The van der Waals surface area contributed by atoms with Crippen LogP contribution in [0.4, 0.5) is 0 Å². The van der Waals surface area contributed by atoms with E-state index in [1.54, 1.807) is 38.6 Å². The van der Waals surface area contributed by atoms with Gasteiger partial charge in [0.05, 0.1) is 13.7 Å². The third-order valence-electron chi connectivity index (χ3n) is 5.61. The number of hydrogen-bond donors (Lipinski definition) is 1. The van der Waals surface area contributed by atoms with E-state index < -0.39 is 22.6 Å². The molecule has 31 heavy (non-hydrogen) atoms. The van der Waals surface area contributed by atoms with Crippen LogP contribution in [-0.2, 0) is 35.6 Å². The van der Waals surface area contributed by atoms with Crippen LogP contribution in [0.15, 0.2) is 33.9 Å². The van der Waals surface area contributed by atoms with Crippen LogP contribution in [-0.4, -0.2) is 36.7 Å². The van der Waals surface area contributed by atoms with Crippen molar-refractivity contribution in [1.29, 1.82) is 0 Å². The van der Waals surface area contributed by atoms with Crippen molar-refractivity contribution < 1.29 is 9.53 Å². The van der Waals surface area contributed by atoms with Crippen molar-refractivity contribution in [2.45, 2.75) is 25.8 Å². The van der Waals surface area contributed by atoms with Gasteiger partial charge in [0.25, 0.3) is 5.56 Å². The van der Waals surface area contributed by atoms with E-state index in [-0.39, 0.29) is 17.7 Å². The second-order valence-corrected chi connectivity index (χ2v) is 8.42. The zero-order chi connectivity index (χ0) is 22.7. The fourth-order valence-corrected chi connectivity index (χ4v) is 4.15. The predicted molar refractivity (Wildman–Crippen MR) is 118 cm³/mol. The van der Waals surface area contributed by atoms with Gasteiger partial charge in [-0.2, -0.15) is 0 Å². The average Bonchev–Trinajstić information content (AvgIpc) is 3.31. The fourth-order valence-electron chi connectivity index (χ4n) is 3.92. The number of esters is 1. The highest BCUT2D eigenvalue weighted by atomic mass is 35.5. The number of H-pyrrole nitrogens is 1. The summed E-state index contributed by atoms with van der Waals surface area (Å²) in [5.74, 6) is -0.164. The number of nitrogens with one attached hydrogen (secondary N) is 1. The van der Waals surface area contributed by atoms with Gasteiger partial charge in [0.1, 0.15) is 11.2 Å². The summed E-state index contributed by atoms with van der Waals surface area (Å²) in [5.41, 5.74) is -0.199. The maximum atomic E-state index is 13.3. The Hall–Kier alpha value is -3.33. The van der Waals surface area contributed by atoms with Gasteiger partial charge in [0.2, 0.25) is 0 Å². The van der Waals surface area contributed by atoms with Gasteiger partial charge in [-0.15, -0.1) is 0 Å². The number of rotatable bonds is 4. The summed E-state index contributed by atoms with van der Waals surface area (Å²) in [6.45, 7) is 3.35. The molecule has 0 saturated carbocycles. The number of aromatic amines is 1. The Bertz CT molecular complexity index is 1470. The van der Waals surface area contributed by atoms with Crippen molar-refractivity contribution in [3.05, 3.63) is 61.6 Å². The summed E-state index contributed by atoms with van der Waals surface area (Å²) in [5, 5.41) is 1.39. The molecule has 4 rings (SSSR count). The largest absolute Gasteiger partial charge is 0.468 e. The van der Waals surface area contributed by atoms with Crippen LogP contribution in [0.1, 0.15) is 25.4 Å². The predicted octanol–water partition coefficient (Wildman–Crippen LogP) is 2.07. The standard InChI is InChI=1S/C21H22ClN5O4/c1-21(2,19(29)31-5)18-24-16-15(25(18)3)17(28)27(20(30)26(16)4)10-11-9-12-13(22)7-6-8-14(12)23-11/h6-9,23H,10H2,1-5H3. The Labute approximate surface area is 181 Å². The maximum absolute atomic E-state index is 13.3. The lowest BCUT2D eigenvalue weighted by atomic mass is 9.92. The molecule has 4 aromatic rings. The highest BCUT2D eigenvalue weighted by molar-refractivity contribution is 6.35. The Morgan fingerprint density at radius 2 is 1.94 bits per heavy atom. The van der Waals surface area contributed by atoms with Crippen molar-refractivity contribution in [2.75, 3.05) is 7.11 Å². The second kappa shape index (κ2) is 7.12. The third kappa shape index (κ3) is 3.07. The lowest BCUT2D eigenvalue weighted by Crippen LogP contribution is -2.40. The van der Waals surface area contributed by atoms with Crippen LogP contribution in [0.5, 0.6) is 0 Å². The van der Waals surface area contributed by atoms with Crippen molar-refractivity contribution in [1.82, 2.24) is 23.7 Å². The molecule has 1 aromatic carbocycles. The summed E-state index contributed by atoms with van der Waals surface area (Å²) in [4.78, 5) is 46.2. The number of nitrogens with zero attached hydrogens (tertiary/aromatic N) is 4. The lowest BCUT2D eigenvalue weighted by molar-refractivity contribution is -0.146. The molecule has 1 N–H and O–H groups in total. The van der Waals surface area contributed by atoms with Crippen LogP contribution in [0.3, 0.4) is 0 Å². The van der Waals surface area contributed by atoms with E-state index >= 15 is 0 Å². The van der Waals surface area contributed by atoms with Crippen LogP contribution in [0, 0.1) is 0 Å². The molecule has 0 atom stereocenters. The number of carbonyl (C=O) groups excluding carboxylic acids is 1. The van der Waals surface area contributed by atoms with Gasteiger partial charge in [-0.1, -0.05) is 17.7 Å². The molecule has 10 heteroatoms. The average molecular weight is 444 g/mol. The minimum Gasteiger partial charge on any atom is -0.468 e. The molecule has 0 amide bonds. The van der Waals surface area contributed by atoms with Crippen molar-refractivity contribution in [2.24, 2.45) is 14.1 Å². The number of hydrogen-bond acceptors (Lipinski definition) is 5. The molecule has 0 fully saturated rings. The number of aryl methyl sites for hydroxylation is 2. The maximum Gasteiger partial charge on any atom is 0.332 e.